The Labute approximate surface area is 78.5 Å². The van der Waals surface area contributed by atoms with Crippen LogP contribution in [0.3, 0.4) is 0 Å². The summed E-state index contributed by atoms with van der Waals surface area (Å²) in [4.78, 5) is 21.9. The number of carboxylic acids is 1. The van der Waals surface area contributed by atoms with Gasteiger partial charge in [0.1, 0.15) is 17.9 Å². The van der Waals surface area contributed by atoms with Crippen molar-refractivity contribution in [1.29, 1.82) is 0 Å². The van der Waals surface area contributed by atoms with Crippen molar-refractivity contribution in [1.82, 2.24) is 9.97 Å². The lowest BCUT2D eigenvalue weighted by molar-refractivity contribution is -0.129. The molecule has 5 N–H and O–H groups in total. The average Bonchev–Trinajstić information content (AvgIpc) is 2.45. The van der Waals surface area contributed by atoms with Crippen LogP contribution in [0, 0.1) is 0 Å². The number of nitrogens with zero attached hydrogens (tertiary/aromatic N) is 3. The molecule has 0 saturated heterocycles. The molecular weight excluding hydrogens is 186 g/mol. The zero-order valence-electron chi connectivity index (χ0n) is 7.01. The van der Waals surface area contributed by atoms with Gasteiger partial charge >= 0.3 is 5.97 Å². The normalized spacial score (nSPS) is 18.9. The number of aliphatic carboxylic acids is 1. The maximum absolute atomic E-state index is 10.7. The number of hydrogen-bond donors (Lipinski definition) is 3. The van der Waals surface area contributed by atoms with E-state index in [9.17, 15) is 4.79 Å². The number of aliphatic imine (C=N–C) groups is 1. The second-order valence-electron chi connectivity index (χ2n) is 2.78. The molecule has 1 aromatic rings. The lowest BCUT2D eigenvalue weighted by atomic mass is 10.1. The Morgan fingerprint density at radius 2 is 2.21 bits per heavy atom. The minimum absolute atomic E-state index is 0.160. The molecule has 1 unspecified atom stereocenters. The van der Waals surface area contributed by atoms with Crippen molar-refractivity contribution in [2.45, 2.75) is 6.04 Å². The summed E-state index contributed by atoms with van der Waals surface area (Å²) in [6, 6.07) is -0.844. The van der Waals surface area contributed by atoms with E-state index in [0.717, 1.165) is 0 Å². The van der Waals surface area contributed by atoms with Crippen LogP contribution in [0.15, 0.2) is 11.3 Å². The van der Waals surface area contributed by atoms with E-state index < -0.39 is 12.0 Å². The number of hydrogen-bond acceptors (Lipinski definition) is 6. The summed E-state index contributed by atoms with van der Waals surface area (Å²) in [7, 11) is 0. The number of nitrogen functional groups attached to an aromatic ring is 1. The molecule has 2 rings (SSSR count). The Kier molecular flexibility index (Phi) is 1.68. The van der Waals surface area contributed by atoms with Gasteiger partial charge in [-0.15, -0.1) is 0 Å². The first kappa shape index (κ1) is 8.57. The summed E-state index contributed by atoms with van der Waals surface area (Å²) in [6.45, 7) is 0. The van der Waals surface area contributed by atoms with E-state index in [1.807, 2.05) is 0 Å². The van der Waals surface area contributed by atoms with Gasteiger partial charge in [0, 0.05) is 0 Å². The van der Waals surface area contributed by atoms with Crippen LogP contribution < -0.4 is 11.5 Å². The second kappa shape index (κ2) is 2.74. The second-order valence-corrected chi connectivity index (χ2v) is 2.78. The van der Waals surface area contributed by atoms with Gasteiger partial charge in [0.2, 0.25) is 0 Å². The fourth-order valence-electron chi connectivity index (χ4n) is 1.29. The van der Waals surface area contributed by atoms with Crippen LogP contribution in [0.25, 0.3) is 0 Å². The summed E-state index contributed by atoms with van der Waals surface area (Å²) < 4.78 is 0. The van der Waals surface area contributed by atoms with Gasteiger partial charge in [0.15, 0.2) is 5.82 Å². The number of nitrogens with two attached hydrogens (primary N) is 2. The molecule has 0 fully saturated rings. The van der Waals surface area contributed by atoms with Crippen molar-refractivity contribution in [2.24, 2.45) is 10.7 Å². The van der Waals surface area contributed by atoms with E-state index in [2.05, 4.69) is 15.0 Å². The van der Waals surface area contributed by atoms with Gasteiger partial charge in [-0.1, -0.05) is 0 Å². The Balaban J connectivity index is 2.56. The number of carbonyl (C=O) groups is 1. The predicted octanol–water partition coefficient (Wildman–Crippen LogP) is -0.771. The monoisotopic (exact) mass is 193 g/mol. The fourth-order valence-corrected chi connectivity index (χ4v) is 1.29. The van der Waals surface area contributed by atoms with E-state index in [1.54, 1.807) is 0 Å². The molecular formula is C7H7N5O2. The first-order valence-electron chi connectivity index (χ1n) is 3.79. The highest BCUT2D eigenvalue weighted by Crippen LogP contribution is 2.33. The Hall–Kier alpha value is -2.02. The van der Waals surface area contributed by atoms with Crippen LogP contribution in [0.4, 0.5) is 11.6 Å². The highest BCUT2D eigenvalue weighted by Gasteiger charge is 2.31. The smallest absolute Gasteiger partial charge is 0.352 e. The summed E-state index contributed by atoms with van der Waals surface area (Å²) in [5.41, 5.74) is 11.4. The van der Waals surface area contributed by atoms with Gasteiger partial charge in [0.05, 0.1) is 11.6 Å². The van der Waals surface area contributed by atoms with Crippen molar-refractivity contribution in [3.63, 3.8) is 0 Å². The predicted molar refractivity (Wildman–Crippen MR) is 48.1 cm³/mol. The SMILES string of the molecule is Nc1ncnc2c1C(N)C(C(=O)O)=N2. The van der Waals surface area contributed by atoms with Gasteiger partial charge in [-0.3, -0.25) is 0 Å². The third-order valence-corrected chi connectivity index (χ3v) is 1.94. The number of carboxylic acid groups (broad SMARTS) is 1. The topological polar surface area (TPSA) is 127 Å². The van der Waals surface area contributed by atoms with Gasteiger partial charge in [-0.05, 0) is 0 Å². The third kappa shape index (κ3) is 1.03. The van der Waals surface area contributed by atoms with Crippen LogP contribution in [0.5, 0.6) is 0 Å². The summed E-state index contributed by atoms with van der Waals surface area (Å²) >= 11 is 0. The highest BCUT2D eigenvalue weighted by atomic mass is 16.4. The van der Waals surface area contributed by atoms with E-state index in [0.29, 0.717) is 5.56 Å². The van der Waals surface area contributed by atoms with E-state index in [4.69, 9.17) is 16.6 Å². The molecule has 1 aliphatic heterocycles. The zero-order chi connectivity index (χ0) is 10.3. The largest absolute Gasteiger partial charge is 0.477 e. The molecule has 0 spiro atoms. The minimum Gasteiger partial charge on any atom is -0.477 e. The van der Waals surface area contributed by atoms with Crippen molar-refractivity contribution >= 4 is 23.3 Å². The van der Waals surface area contributed by atoms with Crippen molar-refractivity contribution in [3.05, 3.63) is 11.9 Å². The standard InChI is InChI=1S/C7H7N5O2/c8-3-2-5(9)10-1-11-6(2)12-4(3)7(13)14/h1,3H,8H2,(H,13,14)(H2,9,10,11). The minimum atomic E-state index is -1.17. The number of aromatic nitrogens is 2. The van der Waals surface area contributed by atoms with Crippen molar-refractivity contribution < 1.29 is 9.90 Å². The molecule has 2 heterocycles. The molecule has 0 aliphatic carbocycles. The molecule has 0 radical (unpaired) electrons. The molecule has 7 heteroatoms. The van der Waals surface area contributed by atoms with Gasteiger partial charge in [-0.25, -0.2) is 19.8 Å². The first-order valence-corrected chi connectivity index (χ1v) is 3.79. The number of fused-ring (bicyclic) bond motifs is 1. The highest BCUT2D eigenvalue weighted by molar-refractivity contribution is 6.39. The zero-order valence-corrected chi connectivity index (χ0v) is 7.01. The molecule has 72 valence electrons. The van der Waals surface area contributed by atoms with Gasteiger partial charge in [0.25, 0.3) is 0 Å². The van der Waals surface area contributed by atoms with E-state index in [-0.39, 0.29) is 17.3 Å². The maximum Gasteiger partial charge on any atom is 0.352 e. The van der Waals surface area contributed by atoms with E-state index in [1.165, 1.54) is 6.33 Å². The van der Waals surface area contributed by atoms with Crippen LogP contribution in [-0.2, 0) is 4.79 Å². The summed E-state index contributed by atoms with van der Waals surface area (Å²) in [6.07, 6.45) is 1.22. The van der Waals surface area contributed by atoms with Crippen LogP contribution in [0.1, 0.15) is 11.6 Å². The Bertz CT molecular complexity index is 442. The van der Waals surface area contributed by atoms with Crippen LogP contribution >= 0.6 is 0 Å². The average molecular weight is 193 g/mol. The molecule has 1 aromatic heterocycles. The molecule has 1 aliphatic rings. The van der Waals surface area contributed by atoms with E-state index >= 15 is 0 Å². The molecule has 0 bridgehead atoms. The maximum atomic E-state index is 10.7. The molecule has 7 nitrogen and oxygen atoms in total. The number of anilines is 1. The van der Waals surface area contributed by atoms with Crippen molar-refractivity contribution in [2.75, 3.05) is 5.73 Å². The summed E-state index contributed by atoms with van der Waals surface area (Å²) in [5, 5.41) is 8.75. The molecule has 14 heavy (non-hydrogen) atoms. The molecule has 0 aromatic carbocycles. The van der Waals surface area contributed by atoms with Gasteiger partial charge < -0.3 is 16.6 Å². The molecule has 0 saturated carbocycles. The number of rotatable bonds is 1. The molecule has 1 atom stereocenters. The lowest BCUT2D eigenvalue weighted by Crippen LogP contribution is -2.26. The Morgan fingerprint density at radius 3 is 2.79 bits per heavy atom. The quantitative estimate of drug-likeness (QED) is 0.537. The first-order chi connectivity index (χ1) is 6.61. The fraction of sp³-hybridized carbons (Fsp3) is 0.143. The summed E-state index contributed by atoms with van der Waals surface area (Å²) in [5.74, 6) is -0.764. The van der Waals surface area contributed by atoms with Gasteiger partial charge in [-0.2, -0.15) is 0 Å². The van der Waals surface area contributed by atoms with Crippen LogP contribution in [0.2, 0.25) is 0 Å². The van der Waals surface area contributed by atoms with Crippen LogP contribution in [-0.4, -0.2) is 26.8 Å². The lowest BCUT2D eigenvalue weighted by Gasteiger charge is -2.05. The van der Waals surface area contributed by atoms with Crippen molar-refractivity contribution in [3.8, 4) is 0 Å². The third-order valence-electron chi connectivity index (χ3n) is 1.94. The Morgan fingerprint density at radius 1 is 1.50 bits per heavy atom. The molecule has 0 amide bonds.